The van der Waals surface area contributed by atoms with Crippen LogP contribution >= 0.6 is 34.5 Å². The molecular formula is C17H19Cl2NO3S. The summed E-state index contributed by atoms with van der Waals surface area (Å²) in [5, 5.41) is 2.91. The topological polar surface area (TPSA) is 47.6 Å². The van der Waals surface area contributed by atoms with Crippen molar-refractivity contribution >= 4 is 40.4 Å². The summed E-state index contributed by atoms with van der Waals surface area (Å²) in [6.07, 6.45) is 0.918. The Bertz CT molecular complexity index is 718. The zero-order chi connectivity index (χ0) is 17.7. The fourth-order valence-corrected chi connectivity index (χ4v) is 3.60. The minimum Gasteiger partial charge on any atom is -0.493 e. The first kappa shape index (κ1) is 18.9. The Morgan fingerprint density at radius 1 is 1.29 bits per heavy atom. The number of carbonyl (C=O) groups is 1. The van der Waals surface area contributed by atoms with E-state index in [4.69, 9.17) is 32.7 Å². The molecule has 1 atom stereocenters. The molecule has 2 aromatic rings. The van der Waals surface area contributed by atoms with Crippen LogP contribution in [0.2, 0.25) is 8.67 Å². The maximum absolute atomic E-state index is 12.3. The second-order valence-electron chi connectivity index (χ2n) is 5.19. The number of hydrogen-bond acceptors (Lipinski definition) is 4. The molecule has 2 rings (SSSR count). The molecule has 0 radical (unpaired) electrons. The van der Waals surface area contributed by atoms with Gasteiger partial charge in [0.2, 0.25) is 0 Å². The van der Waals surface area contributed by atoms with E-state index in [9.17, 15) is 4.79 Å². The molecule has 0 aliphatic heterocycles. The lowest BCUT2D eigenvalue weighted by Gasteiger charge is -2.17. The number of nitrogens with one attached hydrogen (secondary N) is 1. The van der Waals surface area contributed by atoms with Gasteiger partial charge in [-0.1, -0.05) is 36.2 Å². The number of amides is 1. The average Bonchev–Trinajstić information content (AvgIpc) is 2.91. The van der Waals surface area contributed by atoms with Gasteiger partial charge in [0.1, 0.15) is 4.34 Å². The van der Waals surface area contributed by atoms with Crippen molar-refractivity contribution in [1.82, 2.24) is 5.32 Å². The lowest BCUT2D eigenvalue weighted by atomic mass is 10.1. The van der Waals surface area contributed by atoms with Gasteiger partial charge < -0.3 is 14.8 Å². The van der Waals surface area contributed by atoms with E-state index in [0.717, 1.165) is 12.0 Å². The van der Waals surface area contributed by atoms with Crippen LogP contribution in [-0.2, 0) is 0 Å². The quantitative estimate of drug-likeness (QED) is 0.696. The van der Waals surface area contributed by atoms with Crippen molar-refractivity contribution < 1.29 is 14.3 Å². The lowest BCUT2D eigenvalue weighted by Crippen LogP contribution is -2.26. The number of rotatable bonds is 7. The van der Waals surface area contributed by atoms with Crippen molar-refractivity contribution in [3.63, 3.8) is 0 Å². The first-order valence-electron chi connectivity index (χ1n) is 7.52. The number of hydrogen-bond donors (Lipinski definition) is 1. The Hall–Kier alpha value is -1.43. The molecular weight excluding hydrogens is 369 g/mol. The van der Waals surface area contributed by atoms with Gasteiger partial charge in [-0.25, -0.2) is 0 Å². The van der Waals surface area contributed by atoms with E-state index < -0.39 is 0 Å². The van der Waals surface area contributed by atoms with Gasteiger partial charge in [-0.3, -0.25) is 4.79 Å². The Kier molecular flexibility index (Phi) is 6.78. The van der Waals surface area contributed by atoms with Crippen LogP contribution in [-0.4, -0.2) is 19.6 Å². The molecule has 1 unspecified atom stereocenters. The standard InChI is InChI=1S/C17H19Cl2NO3S/c1-4-7-23-13-6-5-11(8-14(13)22-3)10(2)20-17(21)12-9-15(18)24-16(12)19/h5-6,8-10H,4,7H2,1-3H3,(H,20,21). The van der Waals surface area contributed by atoms with Gasteiger partial charge in [-0.2, -0.15) is 0 Å². The Morgan fingerprint density at radius 2 is 2.04 bits per heavy atom. The molecule has 130 valence electrons. The molecule has 7 heteroatoms. The van der Waals surface area contributed by atoms with Crippen LogP contribution in [0.1, 0.15) is 42.2 Å². The van der Waals surface area contributed by atoms with Crippen LogP contribution in [0.3, 0.4) is 0 Å². The van der Waals surface area contributed by atoms with Crippen LogP contribution in [0.25, 0.3) is 0 Å². The molecule has 0 spiro atoms. The Labute approximate surface area is 155 Å². The summed E-state index contributed by atoms with van der Waals surface area (Å²) in [6.45, 7) is 4.56. The summed E-state index contributed by atoms with van der Waals surface area (Å²) in [6, 6.07) is 6.96. The van der Waals surface area contributed by atoms with Crippen molar-refractivity contribution in [3.05, 3.63) is 44.1 Å². The van der Waals surface area contributed by atoms with Crippen molar-refractivity contribution in [2.24, 2.45) is 0 Å². The molecule has 1 heterocycles. The third-order valence-electron chi connectivity index (χ3n) is 3.40. The third kappa shape index (κ3) is 4.56. The van der Waals surface area contributed by atoms with E-state index in [0.29, 0.717) is 32.3 Å². The predicted octanol–water partition coefficient (Wildman–Crippen LogP) is 5.34. The van der Waals surface area contributed by atoms with Crippen molar-refractivity contribution in [3.8, 4) is 11.5 Å². The second-order valence-corrected chi connectivity index (χ2v) is 7.48. The minimum atomic E-state index is -0.263. The maximum Gasteiger partial charge on any atom is 0.254 e. The summed E-state index contributed by atoms with van der Waals surface area (Å²) in [7, 11) is 1.59. The largest absolute Gasteiger partial charge is 0.493 e. The highest BCUT2D eigenvalue weighted by Crippen LogP contribution is 2.33. The van der Waals surface area contributed by atoms with Gasteiger partial charge in [0.15, 0.2) is 11.5 Å². The van der Waals surface area contributed by atoms with E-state index in [1.54, 1.807) is 13.2 Å². The highest BCUT2D eigenvalue weighted by molar-refractivity contribution is 7.20. The summed E-state index contributed by atoms with van der Waals surface area (Å²) < 4.78 is 11.9. The average molecular weight is 388 g/mol. The molecule has 0 aliphatic rings. The van der Waals surface area contributed by atoms with E-state index in [2.05, 4.69) is 5.32 Å². The zero-order valence-corrected chi connectivity index (χ0v) is 16.0. The molecule has 4 nitrogen and oxygen atoms in total. The molecule has 1 amide bonds. The number of ether oxygens (including phenoxy) is 2. The van der Waals surface area contributed by atoms with Gasteiger partial charge in [0.05, 0.1) is 29.7 Å². The Morgan fingerprint density at radius 3 is 2.62 bits per heavy atom. The van der Waals surface area contributed by atoms with Gasteiger partial charge in [0.25, 0.3) is 5.91 Å². The van der Waals surface area contributed by atoms with Gasteiger partial charge in [-0.15, -0.1) is 11.3 Å². The summed E-state index contributed by atoms with van der Waals surface area (Å²) >= 11 is 13.1. The molecule has 0 bridgehead atoms. The predicted molar refractivity (Wildman–Crippen MR) is 99.0 cm³/mol. The molecule has 0 saturated carbocycles. The van der Waals surface area contributed by atoms with E-state index in [1.165, 1.54) is 11.3 Å². The number of methoxy groups -OCH3 is 1. The summed E-state index contributed by atoms with van der Waals surface area (Å²) in [4.78, 5) is 12.3. The second kappa shape index (κ2) is 8.60. The third-order valence-corrected chi connectivity index (χ3v) is 4.89. The van der Waals surface area contributed by atoms with Gasteiger partial charge in [-0.05, 0) is 37.1 Å². The maximum atomic E-state index is 12.3. The lowest BCUT2D eigenvalue weighted by molar-refractivity contribution is 0.0940. The highest BCUT2D eigenvalue weighted by atomic mass is 35.5. The molecule has 0 fully saturated rings. The van der Waals surface area contributed by atoms with Crippen LogP contribution in [0, 0.1) is 0 Å². The van der Waals surface area contributed by atoms with E-state index >= 15 is 0 Å². The molecule has 1 N–H and O–H groups in total. The van der Waals surface area contributed by atoms with Crippen LogP contribution in [0.5, 0.6) is 11.5 Å². The number of carbonyl (C=O) groups excluding carboxylic acids is 1. The fourth-order valence-electron chi connectivity index (χ4n) is 2.14. The number of halogens is 2. The number of benzene rings is 1. The Balaban J connectivity index is 2.13. The highest BCUT2D eigenvalue weighted by Gasteiger charge is 2.18. The molecule has 0 saturated heterocycles. The molecule has 1 aromatic carbocycles. The normalized spacial score (nSPS) is 11.9. The molecule has 24 heavy (non-hydrogen) atoms. The summed E-state index contributed by atoms with van der Waals surface area (Å²) in [5.41, 5.74) is 1.29. The van der Waals surface area contributed by atoms with Crippen LogP contribution in [0.15, 0.2) is 24.3 Å². The van der Waals surface area contributed by atoms with E-state index in [-0.39, 0.29) is 11.9 Å². The first-order chi connectivity index (χ1) is 11.5. The van der Waals surface area contributed by atoms with Gasteiger partial charge in [0, 0.05) is 0 Å². The minimum absolute atomic E-state index is 0.221. The smallest absolute Gasteiger partial charge is 0.254 e. The van der Waals surface area contributed by atoms with Crippen molar-refractivity contribution in [2.45, 2.75) is 26.3 Å². The van der Waals surface area contributed by atoms with Crippen LogP contribution in [0.4, 0.5) is 0 Å². The fraction of sp³-hybridized carbons (Fsp3) is 0.353. The first-order valence-corrected chi connectivity index (χ1v) is 9.10. The van der Waals surface area contributed by atoms with Crippen LogP contribution < -0.4 is 14.8 Å². The summed E-state index contributed by atoms with van der Waals surface area (Å²) in [5.74, 6) is 1.06. The SMILES string of the molecule is CCCOc1ccc(C(C)NC(=O)c2cc(Cl)sc2Cl)cc1OC. The van der Waals surface area contributed by atoms with E-state index in [1.807, 2.05) is 32.0 Å². The molecule has 1 aromatic heterocycles. The van der Waals surface area contributed by atoms with Crippen molar-refractivity contribution in [2.75, 3.05) is 13.7 Å². The van der Waals surface area contributed by atoms with Crippen molar-refractivity contribution in [1.29, 1.82) is 0 Å². The monoisotopic (exact) mass is 387 g/mol. The molecule has 0 aliphatic carbocycles. The number of thiophene rings is 1. The zero-order valence-electron chi connectivity index (χ0n) is 13.7. The van der Waals surface area contributed by atoms with Gasteiger partial charge >= 0.3 is 0 Å².